The van der Waals surface area contributed by atoms with E-state index in [0.29, 0.717) is 22.7 Å². The lowest BCUT2D eigenvalue weighted by molar-refractivity contribution is -0.133. The number of imide groups is 1. The molecule has 3 aromatic carbocycles. The van der Waals surface area contributed by atoms with Crippen molar-refractivity contribution < 1.29 is 23.9 Å². The van der Waals surface area contributed by atoms with Crippen LogP contribution in [-0.4, -0.2) is 36.1 Å². The van der Waals surface area contributed by atoms with Crippen LogP contribution in [0.1, 0.15) is 12.5 Å². The van der Waals surface area contributed by atoms with Crippen molar-refractivity contribution in [2.75, 3.05) is 18.7 Å². The zero-order chi connectivity index (χ0) is 21.6. The fourth-order valence-corrected chi connectivity index (χ4v) is 3.91. The summed E-state index contributed by atoms with van der Waals surface area (Å²) in [5.41, 5.74) is -0.140. The first-order valence-electron chi connectivity index (χ1n) is 9.77. The number of benzene rings is 3. The van der Waals surface area contributed by atoms with E-state index in [0.717, 1.165) is 15.7 Å². The van der Waals surface area contributed by atoms with Crippen molar-refractivity contribution in [2.24, 2.45) is 0 Å². The maximum absolute atomic E-state index is 13.1. The number of nitrogens with zero attached hydrogens (tertiary/aromatic N) is 1. The van der Waals surface area contributed by atoms with Crippen LogP contribution in [0.15, 0.2) is 60.7 Å². The number of hydrogen-bond acceptors (Lipinski definition) is 5. The molecule has 8 nitrogen and oxygen atoms in total. The number of rotatable bonds is 4. The first-order chi connectivity index (χ1) is 15.0. The van der Waals surface area contributed by atoms with Crippen LogP contribution >= 0.6 is 0 Å². The molecule has 0 spiro atoms. The van der Waals surface area contributed by atoms with Gasteiger partial charge in [-0.3, -0.25) is 14.5 Å². The van der Waals surface area contributed by atoms with E-state index in [1.807, 2.05) is 36.4 Å². The zero-order valence-electron chi connectivity index (χ0n) is 16.7. The highest BCUT2D eigenvalue weighted by Crippen LogP contribution is 2.37. The number of urea groups is 1. The second-order valence-corrected chi connectivity index (χ2v) is 7.59. The first-order valence-corrected chi connectivity index (χ1v) is 9.77. The molecule has 4 amide bonds. The summed E-state index contributed by atoms with van der Waals surface area (Å²) in [7, 11) is 0. The quantitative estimate of drug-likeness (QED) is 0.636. The summed E-state index contributed by atoms with van der Waals surface area (Å²) in [4.78, 5) is 39.3. The number of hydrogen-bond donors (Lipinski definition) is 2. The number of carbonyl (C=O) groups excluding carboxylic acids is 3. The fraction of sp³-hybridized carbons (Fsp3) is 0.174. The number of fused-ring (bicyclic) bond motifs is 2. The molecule has 1 saturated heterocycles. The van der Waals surface area contributed by atoms with Gasteiger partial charge in [-0.2, -0.15) is 0 Å². The highest BCUT2D eigenvalue weighted by atomic mass is 16.7. The lowest BCUT2D eigenvalue weighted by Gasteiger charge is -2.22. The third-order valence-corrected chi connectivity index (χ3v) is 5.59. The number of carbonyl (C=O) groups is 3. The Morgan fingerprint density at radius 3 is 2.71 bits per heavy atom. The molecule has 3 aromatic rings. The van der Waals surface area contributed by atoms with Gasteiger partial charge in [0.2, 0.25) is 12.7 Å². The maximum Gasteiger partial charge on any atom is 0.325 e. The predicted octanol–water partition coefficient (Wildman–Crippen LogP) is 2.97. The molecule has 0 bridgehead atoms. The zero-order valence-corrected chi connectivity index (χ0v) is 16.7. The highest BCUT2D eigenvalue weighted by Gasteiger charge is 2.49. The van der Waals surface area contributed by atoms with Gasteiger partial charge < -0.3 is 20.1 Å². The molecule has 156 valence electrons. The van der Waals surface area contributed by atoms with Gasteiger partial charge in [0.1, 0.15) is 12.1 Å². The molecule has 0 aliphatic carbocycles. The molecular formula is C23H19N3O5. The molecule has 1 fully saturated rings. The van der Waals surface area contributed by atoms with Crippen LogP contribution in [0.2, 0.25) is 0 Å². The molecule has 0 unspecified atom stereocenters. The molecule has 5 rings (SSSR count). The van der Waals surface area contributed by atoms with Crippen molar-refractivity contribution in [2.45, 2.75) is 12.5 Å². The molecule has 31 heavy (non-hydrogen) atoms. The van der Waals surface area contributed by atoms with E-state index in [1.165, 1.54) is 0 Å². The summed E-state index contributed by atoms with van der Waals surface area (Å²) < 4.78 is 10.7. The van der Waals surface area contributed by atoms with Gasteiger partial charge in [-0.05, 0) is 36.1 Å². The Kier molecular flexibility index (Phi) is 4.28. The number of amides is 4. The molecule has 8 heteroatoms. The second-order valence-electron chi connectivity index (χ2n) is 7.59. The van der Waals surface area contributed by atoms with Gasteiger partial charge in [0.15, 0.2) is 11.5 Å². The molecule has 2 aliphatic heterocycles. The van der Waals surface area contributed by atoms with Crippen LogP contribution in [0.25, 0.3) is 10.8 Å². The maximum atomic E-state index is 13.1. The molecular weight excluding hydrogens is 398 g/mol. The van der Waals surface area contributed by atoms with Crippen LogP contribution in [0.5, 0.6) is 11.5 Å². The molecule has 0 aromatic heterocycles. The van der Waals surface area contributed by atoms with Crippen LogP contribution in [0, 0.1) is 0 Å². The van der Waals surface area contributed by atoms with Gasteiger partial charge in [0.05, 0.1) is 0 Å². The van der Waals surface area contributed by atoms with E-state index in [2.05, 4.69) is 10.6 Å². The predicted molar refractivity (Wildman–Crippen MR) is 113 cm³/mol. The summed E-state index contributed by atoms with van der Waals surface area (Å²) in [5.74, 6) is 0.114. The van der Waals surface area contributed by atoms with Crippen LogP contribution < -0.4 is 20.1 Å². The van der Waals surface area contributed by atoms with Gasteiger partial charge >= 0.3 is 6.03 Å². The average Bonchev–Trinajstić information content (AvgIpc) is 3.32. The lowest BCUT2D eigenvalue weighted by atomic mass is 9.91. The Balaban J connectivity index is 1.35. The smallest absolute Gasteiger partial charge is 0.325 e. The SMILES string of the molecule is C[C@@]1(c2ccc3c(c2)OCO3)NC(=O)N(CC(=O)Nc2cccc3ccccc23)C1=O. The van der Waals surface area contributed by atoms with E-state index < -0.39 is 29.9 Å². The second kappa shape index (κ2) is 7.02. The monoisotopic (exact) mass is 417 g/mol. The highest BCUT2D eigenvalue weighted by molar-refractivity contribution is 6.11. The van der Waals surface area contributed by atoms with Crippen molar-refractivity contribution in [3.8, 4) is 11.5 Å². The van der Waals surface area contributed by atoms with Crippen LogP contribution in [0.3, 0.4) is 0 Å². The van der Waals surface area contributed by atoms with E-state index in [-0.39, 0.29) is 6.79 Å². The van der Waals surface area contributed by atoms with E-state index in [1.54, 1.807) is 31.2 Å². The van der Waals surface area contributed by atoms with Gasteiger partial charge in [-0.1, -0.05) is 42.5 Å². The Morgan fingerprint density at radius 2 is 1.84 bits per heavy atom. The molecule has 2 N–H and O–H groups in total. The van der Waals surface area contributed by atoms with Crippen LogP contribution in [-0.2, 0) is 15.1 Å². The summed E-state index contributed by atoms with van der Waals surface area (Å²) in [6, 6.07) is 17.6. The van der Waals surface area contributed by atoms with Gasteiger partial charge in [-0.25, -0.2) is 4.79 Å². The fourth-order valence-electron chi connectivity index (χ4n) is 3.91. The van der Waals surface area contributed by atoms with E-state index in [4.69, 9.17) is 9.47 Å². The molecule has 2 aliphatic rings. The molecule has 0 saturated carbocycles. The largest absolute Gasteiger partial charge is 0.454 e. The number of ether oxygens (including phenoxy) is 2. The summed E-state index contributed by atoms with van der Waals surface area (Å²) in [6.07, 6.45) is 0. The average molecular weight is 417 g/mol. The van der Waals surface area contributed by atoms with Gasteiger partial charge in [0, 0.05) is 11.1 Å². The van der Waals surface area contributed by atoms with Crippen molar-refractivity contribution in [1.82, 2.24) is 10.2 Å². The van der Waals surface area contributed by atoms with Gasteiger partial charge in [-0.15, -0.1) is 0 Å². The molecule has 0 radical (unpaired) electrons. The normalized spacial score (nSPS) is 19.6. The molecule has 2 heterocycles. The minimum atomic E-state index is -1.31. The Labute approximate surface area is 177 Å². The van der Waals surface area contributed by atoms with Gasteiger partial charge in [0.25, 0.3) is 5.91 Å². The molecule has 1 atom stereocenters. The van der Waals surface area contributed by atoms with Crippen molar-refractivity contribution in [3.05, 3.63) is 66.2 Å². The third kappa shape index (κ3) is 3.13. The third-order valence-electron chi connectivity index (χ3n) is 5.59. The van der Waals surface area contributed by atoms with E-state index >= 15 is 0 Å². The van der Waals surface area contributed by atoms with Crippen molar-refractivity contribution in [3.63, 3.8) is 0 Å². The number of nitrogens with one attached hydrogen (secondary N) is 2. The summed E-state index contributed by atoms with van der Waals surface area (Å²) in [5, 5.41) is 7.36. The van der Waals surface area contributed by atoms with Crippen molar-refractivity contribution in [1.29, 1.82) is 0 Å². The Hall–Kier alpha value is -4.07. The van der Waals surface area contributed by atoms with E-state index in [9.17, 15) is 14.4 Å². The first kappa shape index (κ1) is 18.9. The summed E-state index contributed by atoms with van der Waals surface area (Å²) in [6.45, 7) is 1.32. The van der Waals surface area contributed by atoms with Crippen molar-refractivity contribution >= 4 is 34.3 Å². The standard InChI is InChI=1S/C23H19N3O5/c1-23(15-9-10-18-19(11-15)31-13-30-18)21(28)26(22(29)25-23)12-20(27)24-17-8-4-6-14-5-2-3-7-16(14)17/h2-11H,12-13H2,1H3,(H,24,27)(H,25,29)/t23-/m0/s1. The van der Waals surface area contributed by atoms with Crippen LogP contribution in [0.4, 0.5) is 10.5 Å². The summed E-state index contributed by atoms with van der Waals surface area (Å²) >= 11 is 0. The number of anilines is 1. The minimum absolute atomic E-state index is 0.107. The Bertz CT molecular complexity index is 1240. The minimum Gasteiger partial charge on any atom is -0.454 e. The Morgan fingerprint density at radius 1 is 1.06 bits per heavy atom. The lowest BCUT2D eigenvalue weighted by Crippen LogP contribution is -2.42. The topological polar surface area (TPSA) is 97.0 Å².